The monoisotopic (exact) mass is 496 g/mol. The van der Waals surface area contributed by atoms with Gasteiger partial charge in [0.25, 0.3) is 0 Å². The smallest absolute Gasteiger partial charge is 0.0637 e. The molecule has 0 radical (unpaired) electrons. The van der Waals surface area contributed by atoms with Crippen molar-refractivity contribution in [3.05, 3.63) is 71.8 Å². The van der Waals surface area contributed by atoms with E-state index < -0.39 is 0 Å². The lowest BCUT2D eigenvalue weighted by Gasteiger charge is -2.36. The van der Waals surface area contributed by atoms with E-state index in [-0.39, 0.29) is 35.6 Å². The summed E-state index contributed by atoms with van der Waals surface area (Å²) in [7, 11) is 1.80. The molecule has 0 saturated carbocycles. The van der Waals surface area contributed by atoms with Gasteiger partial charge in [0.05, 0.1) is 12.2 Å². The Morgan fingerprint density at radius 3 is 1.58 bits per heavy atom. The second-order valence-corrected chi connectivity index (χ2v) is 11.4. The highest BCUT2D eigenvalue weighted by Gasteiger charge is 2.33. The van der Waals surface area contributed by atoms with Crippen LogP contribution in [0.2, 0.25) is 0 Å². The van der Waals surface area contributed by atoms with Crippen LogP contribution in [0.15, 0.2) is 60.7 Å². The minimum atomic E-state index is -0.194. The van der Waals surface area contributed by atoms with Crippen LogP contribution in [0.3, 0.4) is 0 Å². The van der Waals surface area contributed by atoms with Crippen LogP contribution in [-0.4, -0.2) is 36.1 Å². The largest absolute Gasteiger partial charge is 0.396 e. The Morgan fingerprint density at radius 2 is 1.14 bits per heavy atom. The normalized spacial score (nSPS) is 17.6. The lowest BCUT2D eigenvalue weighted by molar-refractivity contribution is 0.0472. The number of ether oxygens (including phenoxy) is 1. The van der Waals surface area contributed by atoms with Crippen molar-refractivity contribution in [1.29, 1.82) is 0 Å². The number of unbranched alkanes of at least 4 members (excludes halogenated alkanes) is 4. The van der Waals surface area contributed by atoms with Crippen LogP contribution < -0.4 is 0 Å². The van der Waals surface area contributed by atoms with Crippen molar-refractivity contribution in [1.82, 2.24) is 0 Å². The Hall–Kier alpha value is -1.68. The quantitative estimate of drug-likeness (QED) is 0.207. The Morgan fingerprint density at radius 1 is 0.694 bits per heavy atom. The fourth-order valence-corrected chi connectivity index (χ4v) is 5.60. The zero-order chi connectivity index (χ0) is 26.4. The molecule has 0 aliphatic heterocycles. The molecule has 0 aliphatic carbocycles. The molecule has 2 rings (SSSR count). The Kier molecular flexibility index (Phi) is 13.2. The summed E-state index contributed by atoms with van der Waals surface area (Å²) in [4.78, 5) is 0. The molecule has 5 unspecified atom stereocenters. The van der Waals surface area contributed by atoms with Crippen molar-refractivity contribution >= 4 is 0 Å². The van der Waals surface area contributed by atoms with Crippen LogP contribution in [0.25, 0.3) is 0 Å². The van der Waals surface area contributed by atoms with Gasteiger partial charge in [0.1, 0.15) is 0 Å². The van der Waals surface area contributed by atoms with Gasteiger partial charge in [0.2, 0.25) is 0 Å². The molecule has 3 heteroatoms. The van der Waals surface area contributed by atoms with Gasteiger partial charge in [-0.3, -0.25) is 0 Å². The maximum Gasteiger partial charge on any atom is 0.0637 e. The van der Waals surface area contributed by atoms with Gasteiger partial charge in [-0.25, -0.2) is 0 Å². The van der Waals surface area contributed by atoms with Crippen molar-refractivity contribution in [3.8, 4) is 0 Å². The first-order valence-electron chi connectivity index (χ1n) is 14.2. The van der Waals surface area contributed by atoms with E-state index in [9.17, 15) is 10.2 Å². The van der Waals surface area contributed by atoms with Gasteiger partial charge >= 0.3 is 0 Å². The molecule has 2 aromatic rings. The molecule has 5 atom stereocenters. The minimum absolute atomic E-state index is 0.0103. The number of aliphatic hydroxyl groups is 2. The molecule has 0 bridgehead atoms. The third kappa shape index (κ3) is 8.71. The van der Waals surface area contributed by atoms with E-state index in [1.165, 1.54) is 11.1 Å². The van der Waals surface area contributed by atoms with Crippen LogP contribution in [-0.2, 0) is 15.6 Å². The van der Waals surface area contributed by atoms with Crippen LogP contribution in [0.1, 0.15) is 103 Å². The minimum Gasteiger partial charge on any atom is -0.396 e. The summed E-state index contributed by atoms with van der Waals surface area (Å²) in [6.07, 6.45) is 10.6. The van der Waals surface area contributed by atoms with Crippen molar-refractivity contribution in [2.24, 2.45) is 5.92 Å². The SMILES string of the molecule is COC(C)C(C)(CCCCCC(O)CCCCCC(C)(c1ccccc1)C(C)CO)c1ccccc1. The Balaban J connectivity index is 1.67. The van der Waals surface area contributed by atoms with Gasteiger partial charge in [-0.15, -0.1) is 0 Å². The van der Waals surface area contributed by atoms with Gasteiger partial charge in [0, 0.05) is 19.1 Å². The van der Waals surface area contributed by atoms with E-state index in [4.69, 9.17) is 4.74 Å². The molecule has 2 aromatic carbocycles. The third-order valence-corrected chi connectivity index (χ3v) is 8.95. The topological polar surface area (TPSA) is 49.7 Å². The van der Waals surface area contributed by atoms with Gasteiger partial charge < -0.3 is 14.9 Å². The first kappa shape index (κ1) is 30.5. The summed E-state index contributed by atoms with van der Waals surface area (Å²) < 4.78 is 5.74. The van der Waals surface area contributed by atoms with Crippen LogP contribution in [0, 0.1) is 5.92 Å². The van der Waals surface area contributed by atoms with Crippen molar-refractivity contribution in [3.63, 3.8) is 0 Å². The first-order chi connectivity index (χ1) is 17.3. The summed E-state index contributed by atoms with van der Waals surface area (Å²) in [5.74, 6) is 0.223. The van der Waals surface area contributed by atoms with E-state index in [1.54, 1.807) is 7.11 Å². The summed E-state index contributed by atoms with van der Waals surface area (Å²) >= 11 is 0. The van der Waals surface area contributed by atoms with Gasteiger partial charge in [0.15, 0.2) is 0 Å². The predicted molar refractivity (Wildman–Crippen MR) is 152 cm³/mol. The molecule has 0 aromatic heterocycles. The average molecular weight is 497 g/mol. The maximum absolute atomic E-state index is 10.5. The first-order valence-corrected chi connectivity index (χ1v) is 14.2. The molecule has 36 heavy (non-hydrogen) atoms. The number of rotatable bonds is 18. The summed E-state index contributed by atoms with van der Waals surface area (Å²) in [5, 5.41) is 20.4. The summed E-state index contributed by atoms with van der Waals surface area (Å²) in [5.41, 5.74) is 2.66. The molecule has 3 nitrogen and oxygen atoms in total. The highest BCUT2D eigenvalue weighted by Crippen LogP contribution is 2.37. The van der Waals surface area contributed by atoms with E-state index >= 15 is 0 Å². The molecule has 202 valence electrons. The number of benzene rings is 2. The van der Waals surface area contributed by atoms with E-state index in [1.807, 2.05) is 0 Å². The molecule has 0 aliphatic rings. The van der Waals surface area contributed by atoms with Gasteiger partial charge in [-0.2, -0.15) is 0 Å². The van der Waals surface area contributed by atoms with E-state index in [0.29, 0.717) is 0 Å². The average Bonchev–Trinajstić information content (AvgIpc) is 2.92. The van der Waals surface area contributed by atoms with Gasteiger partial charge in [-0.05, 0) is 55.1 Å². The number of aliphatic hydroxyl groups excluding tert-OH is 2. The third-order valence-electron chi connectivity index (χ3n) is 8.95. The zero-order valence-electron chi connectivity index (χ0n) is 23.6. The van der Waals surface area contributed by atoms with Crippen LogP contribution in [0.4, 0.5) is 0 Å². The Labute approximate surface area is 221 Å². The van der Waals surface area contributed by atoms with Crippen LogP contribution in [0.5, 0.6) is 0 Å². The van der Waals surface area contributed by atoms with Crippen molar-refractivity contribution < 1.29 is 14.9 Å². The van der Waals surface area contributed by atoms with Gasteiger partial charge in [-0.1, -0.05) is 120 Å². The highest BCUT2D eigenvalue weighted by molar-refractivity contribution is 5.26. The molecule has 0 saturated heterocycles. The van der Waals surface area contributed by atoms with E-state index in [0.717, 1.165) is 64.2 Å². The van der Waals surface area contributed by atoms with Crippen LogP contribution >= 0.6 is 0 Å². The number of methoxy groups -OCH3 is 1. The second kappa shape index (κ2) is 15.5. The number of hydrogen-bond acceptors (Lipinski definition) is 3. The fourth-order valence-electron chi connectivity index (χ4n) is 5.60. The Bertz CT molecular complexity index is 754. The molecule has 0 fully saturated rings. The van der Waals surface area contributed by atoms with Crippen molar-refractivity contribution in [2.45, 2.75) is 115 Å². The standard InChI is InChI=1S/C33H52O3/c1-27(26-34)32(3,29-18-10-6-11-19-29)24-16-8-14-22-31(35)23-15-9-17-25-33(4,28(2)36-5)30-20-12-7-13-21-30/h6-7,10-13,18-21,27-28,31,34-35H,8-9,14-17,22-26H2,1-5H3. The molecule has 2 N–H and O–H groups in total. The molecule has 0 amide bonds. The zero-order valence-corrected chi connectivity index (χ0v) is 23.6. The lowest BCUT2D eigenvalue weighted by Crippen LogP contribution is -2.36. The summed E-state index contributed by atoms with van der Waals surface area (Å²) in [6.45, 7) is 9.13. The molecular weight excluding hydrogens is 444 g/mol. The molecule has 0 spiro atoms. The predicted octanol–water partition coefficient (Wildman–Crippen LogP) is 7.83. The second-order valence-electron chi connectivity index (χ2n) is 11.4. The van der Waals surface area contributed by atoms with E-state index in [2.05, 4.69) is 88.4 Å². The maximum atomic E-state index is 10.5. The molecular formula is C33H52O3. The van der Waals surface area contributed by atoms with Crippen molar-refractivity contribution in [2.75, 3.05) is 13.7 Å². The summed E-state index contributed by atoms with van der Waals surface area (Å²) in [6, 6.07) is 21.3. The fraction of sp³-hybridized carbons (Fsp3) is 0.636. The molecule has 0 heterocycles. The lowest BCUT2D eigenvalue weighted by atomic mass is 9.69. The number of hydrogen-bond donors (Lipinski definition) is 2. The highest BCUT2D eigenvalue weighted by atomic mass is 16.5.